The van der Waals surface area contributed by atoms with E-state index >= 15 is 0 Å². The van der Waals surface area contributed by atoms with Crippen LogP contribution in [-0.4, -0.2) is 32.1 Å². The van der Waals surface area contributed by atoms with Crippen LogP contribution in [0.5, 0.6) is 0 Å². The second-order valence-corrected chi connectivity index (χ2v) is 8.39. The van der Waals surface area contributed by atoms with E-state index in [1.54, 1.807) is 6.33 Å². The summed E-state index contributed by atoms with van der Waals surface area (Å²) < 4.78 is 7.13. The predicted octanol–water partition coefficient (Wildman–Crippen LogP) is 4.74. The van der Waals surface area contributed by atoms with Crippen molar-refractivity contribution in [3.63, 3.8) is 0 Å². The normalized spacial score (nSPS) is 12.0. The van der Waals surface area contributed by atoms with Crippen LogP contribution >= 0.6 is 22.9 Å². The fraction of sp³-hybridized carbons (Fsp3) is 0.300. The van der Waals surface area contributed by atoms with Crippen LogP contribution in [0.3, 0.4) is 0 Å². The number of esters is 1. The largest absolute Gasteiger partial charge is 0.465 e. The van der Waals surface area contributed by atoms with Gasteiger partial charge in [-0.3, -0.25) is 4.79 Å². The average molecular weight is 415 g/mol. The van der Waals surface area contributed by atoms with Crippen LogP contribution in [0.15, 0.2) is 30.6 Å². The van der Waals surface area contributed by atoms with Crippen LogP contribution in [0.4, 0.5) is 0 Å². The molecule has 0 saturated heterocycles. The van der Waals surface area contributed by atoms with E-state index in [0.29, 0.717) is 17.3 Å². The monoisotopic (exact) mass is 414 g/mol. The highest BCUT2D eigenvalue weighted by atomic mass is 35.5. The molecule has 0 saturated carbocycles. The number of imidazole rings is 1. The third kappa shape index (κ3) is 2.95. The standard InChI is InChI=1S/C20H19ClN4O2S/c1-5-27-19(26)20(2,3)12-8-6-7-11(9-12)17-23-14-15-13(22-10-25(15)4)16(21)24-18(14)28-17/h6-10H,5H2,1-4H3. The van der Waals surface area contributed by atoms with Crippen molar-refractivity contribution in [2.75, 3.05) is 6.61 Å². The molecule has 0 unspecified atom stereocenters. The molecular formula is C20H19ClN4O2S. The molecule has 1 aromatic carbocycles. The number of rotatable bonds is 4. The number of carbonyl (C=O) groups excluding carboxylic acids is 1. The molecule has 3 aromatic heterocycles. The minimum atomic E-state index is -0.750. The smallest absolute Gasteiger partial charge is 0.315 e. The Bertz CT molecular complexity index is 1210. The van der Waals surface area contributed by atoms with Gasteiger partial charge in [-0.15, -0.1) is 0 Å². The predicted molar refractivity (Wildman–Crippen MR) is 112 cm³/mol. The first kappa shape index (κ1) is 18.8. The van der Waals surface area contributed by atoms with Gasteiger partial charge in [0, 0.05) is 12.6 Å². The Balaban J connectivity index is 1.84. The number of hydrogen-bond acceptors (Lipinski definition) is 6. The lowest BCUT2D eigenvalue weighted by molar-refractivity contribution is -0.148. The van der Waals surface area contributed by atoms with E-state index in [-0.39, 0.29) is 5.97 Å². The lowest BCUT2D eigenvalue weighted by Gasteiger charge is -2.23. The molecule has 4 aromatic rings. The van der Waals surface area contributed by atoms with Crippen LogP contribution in [0.25, 0.3) is 32.0 Å². The van der Waals surface area contributed by atoms with Crippen LogP contribution in [0.2, 0.25) is 5.15 Å². The molecule has 0 aliphatic heterocycles. The van der Waals surface area contributed by atoms with Gasteiger partial charge in [0.2, 0.25) is 0 Å². The maximum atomic E-state index is 12.4. The third-order valence-electron chi connectivity index (χ3n) is 4.78. The summed E-state index contributed by atoms with van der Waals surface area (Å²) in [4.78, 5) is 26.7. The second-order valence-electron chi connectivity index (χ2n) is 7.05. The molecule has 8 heteroatoms. The molecule has 0 fully saturated rings. The van der Waals surface area contributed by atoms with Gasteiger partial charge in [-0.2, -0.15) is 0 Å². The van der Waals surface area contributed by atoms with Gasteiger partial charge in [0.1, 0.15) is 26.4 Å². The van der Waals surface area contributed by atoms with Crippen molar-refractivity contribution in [1.29, 1.82) is 0 Å². The van der Waals surface area contributed by atoms with Crippen molar-refractivity contribution in [3.8, 4) is 10.6 Å². The van der Waals surface area contributed by atoms with Crippen molar-refractivity contribution in [2.45, 2.75) is 26.2 Å². The fourth-order valence-corrected chi connectivity index (χ4v) is 4.35. The van der Waals surface area contributed by atoms with Crippen LogP contribution in [0.1, 0.15) is 26.3 Å². The van der Waals surface area contributed by atoms with E-state index in [4.69, 9.17) is 21.3 Å². The summed E-state index contributed by atoms with van der Waals surface area (Å²) in [6.45, 7) is 5.89. The van der Waals surface area contributed by atoms with Gasteiger partial charge in [-0.25, -0.2) is 15.0 Å². The van der Waals surface area contributed by atoms with E-state index in [0.717, 1.165) is 32.0 Å². The maximum absolute atomic E-state index is 12.4. The molecule has 0 amide bonds. The molecule has 0 bridgehead atoms. The highest BCUT2D eigenvalue weighted by Crippen LogP contribution is 2.36. The lowest BCUT2D eigenvalue weighted by atomic mass is 9.84. The van der Waals surface area contributed by atoms with E-state index in [1.165, 1.54) is 11.3 Å². The molecule has 3 heterocycles. The number of thiazole rings is 1. The zero-order chi connectivity index (χ0) is 20.1. The Morgan fingerprint density at radius 2 is 2.07 bits per heavy atom. The Hall–Kier alpha value is -2.51. The van der Waals surface area contributed by atoms with Crippen molar-refractivity contribution in [3.05, 3.63) is 41.3 Å². The van der Waals surface area contributed by atoms with Crippen molar-refractivity contribution >= 4 is 50.3 Å². The minimum absolute atomic E-state index is 0.249. The summed E-state index contributed by atoms with van der Waals surface area (Å²) >= 11 is 7.76. The van der Waals surface area contributed by atoms with Gasteiger partial charge >= 0.3 is 5.97 Å². The summed E-state index contributed by atoms with van der Waals surface area (Å²) in [7, 11) is 1.91. The Kier molecular flexibility index (Phi) is 4.59. The summed E-state index contributed by atoms with van der Waals surface area (Å²) in [5.74, 6) is -0.249. The maximum Gasteiger partial charge on any atom is 0.315 e. The Morgan fingerprint density at radius 1 is 1.29 bits per heavy atom. The van der Waals surface area contributed by atoms with E-state index < -0.39 is 5.41 Å². The molecule has 0 aliphatic carbocycles. The molecule has 0 aliphatic rings. The molecule has 28 heavy (non-hydrogen) atoms. The summed E-state index contributed by atoms with van der Waals surface area (Å²) in [6.07, 6.45) is 1.71. The molecule has 0 spiro atoms. The Labute approximate surface area is 171 Å². The number of halogens is 1. The molecule has 0 atom stereocenters. The molecule has 4 rings (SSSR count). The zero-order valence-corrected chi connectivity index (χ0v) is 17.6. The first-order valence-electron chi connectivity index (χ1n) is 8.88. The molecule has 144 valence electrons. The van der Waals surface area contributed by atoms with Gasteiger partial charge in [0.15, 0.2) is 5.15 Å². The van der Waals surface area contributed by atoms with Crippen molar-refractivity contribution < 1.29 is 9.53 Å². The van der Waals surface area contributed by atoms with E-state index in [1.807, 2.05) is 56.7 Å². The number of aromatic nitrogens is 4. The summed E-state index contributed by atoms with van der Waals surface area (Å²) in [5.41, 5.74) is 3.32. The summed E-state index contributed by atoms with van der Waals surface area (Å²) in [5, 5.41) is 1.18. The Morgan fingerprint density at radius 3 is 2.82 bits per heavy atom. The first-order valence-corrected chi connectivity index (χ1v) is 10.1. The quantitative estimate of drug-likeness (QED) is 0.356. The highest BCUT2D eigenvalue weighted by molar-refractivity contribution is 7.21. The van der Waals surface area contributed by atoms with Gasteiger partial charge in [-0.1, -0.05) is 41.1 Å². The highest BCUT2D eigenvalue weighted by Gasteiger charge is 2.31. The summed E-state index contributed by atoms with van der Waals surface area (Å²) in [6, 6.07) is 7.82. The number of ether oxygens (including phenoxy) is 1. The van der Waals surface area contributed by atoms with Gasteiger partial charge in [0.25, 0.3) is 0 Å². The SMILES string of the molecule is CCOC(=O)C(C)(C)c1cccc(-c2nc3c(nc(Cl)c4ncn(C)c43)s2)c1. The number of benzene rings is 1. The zero-order valence-electron chi connectivity index (χ0n) is 16.0. The minimum Gasteiger partial charge on any atom is -0.465 e. The third-order valence-corrected chi connectivity index (χ3v) is 6.04. The molecule has 0 radical (unpaired) electrons. The van der Waals surface area contributed by atoms with Crippen LogP contribution < -0.4 is 0 Å². The number of aryl methyl sites for hydroxylation is 1. The molecule has 0 N–H and O–H groups in total. The van der Waals surface area contributed by atoms with Crippen molar-refractivity contribution in [1.82, 2.24) is 19.5 Å². The fourth-order valence-electron chi connectivity index (χ4n) is 3.14. The molecular weight excluding hydrogens is 396 g/mol. The second kappa shape index (κ2) is 6.83. The van der Waals surface area contributed by atoms with Gasteiger partial charge in [0.05, 0.1) is 18.3 Å². The number of fused-ring (bicyclic) bond motifs is 3. The number of carbonyl (C=O) groups is 1. The van der Waals surface area contributed by atoms with E-state index in [2.05, 4.69) is 9.97 Å². The number of pyridine rings is 1. The van der Waals surface area contributed by atoms with E-state index in [9.17, 15) is 4.79 Å². The topological polar surface area (TPSA) is 69.9 Å². The molecule has 6 nitrogen and oxygen atoms in total. The van der Waals surface area contributed by atoms with Crippen LogP contribution in [-0.2, 0) is 22.0 Å². The van der Waals surface area contributed by atoms with Crippen LogP contribution in [0, 0.1) is 0 Å². The van der Waals surface area contributed by atoms with Gasteiger partial charge < -0.3 is 9.30 Å². The number of nitrogens with zero attached hydrogens (tertiary/aromatic N) is 4. The van der Waals surface area contributed by atoms with Crippen molar-refractivity contribution in [2.24, 2.45) is 7.05 Å². The number of hydrogen-bond donors (Lipinski definition) is 0. The lowest BCUT2D eigenvalue weighted by Crippen LogP contribution is -2.31. The first-order chi connectivity index (χ1) is 13.3. The van der Waals surface area contributed by atoms with Gasteiger partial charge in [-0.05, 0) is 32.4 Å². The average Bonchev–Trinajstić information content (AvgIpc) is 3.26.